The van der Waals surface area contributed by atoms with Crippen LogP contribution in [0.5, 0.6) is 0 Å². The van der Waals surface area contributed by atoms with Crippen molar-refractivity contribution in [1.29, 1.82) is 0 Å². The molecule has 1 saturated heterocycles. The molecule has 1 aromatic rings. The van der Waals surface area contributed by atoms with Gasteiger partial charge in [0.05, 0.1) is 5.92 Å². The van der Waals surface area contributed by atoms with E-state index in [1.54, 1.807) is 0 Å². The van der Waals surface area contributed by atoms with Gasteiger partial charge in [-0.3, -0.25) is 4.79 Å². The maximum atomic E-state index is 11.0. The predicted molar refractivity (Wildman–Crippen MR) is 64.0 cm³/mol. The molecule has 1 aliphatic rings. The summed E-state index contributed by atoms with van der Waals surface area (Å²) in [5, 5.41) is 9.74. The van der Waals surface area contributed by atoms with E-state index in [4.69, 9.17) is 16.7 Å². The van der Waals surface area contributed by atoms with E-state index in [9.17, 15) is 4.79 Å². The molecule has 1 fully saturated rings. The summed E-state index contributed by atoms with van der Waals surface area (Å²) in [6.45, 7) is 2.75. The van der Waals surface area contributed by atoms with Crippen LogP contribution in [0.2, 0.25) is 5.02 Å². The van der Waals surface area contributed by atoms with Gasteiger partial charge in [0.1, 0.15) is 0 Å². The van der Waals surface area contributed by atoms with Gasteiger partial charge in [0.25, 0.3) is 0 Å². The molecule has 3 nitrogen and oxygen atoms in total. The van der Waals surface area contributed by atoms with Crippen molar-refractivity contribution in [3.05, 3.63) is 29.3 Å². The first kappa shape index (κ1) is 11.3. The van der Waals surface area contributed by atoms with Crippen molar-refractivity contribution in [3.8, 4) is 0 Å². The van der Waals surface area contributed by atoms with Crippen LogP contribution in [-0.2, 0) is 4.79 Å². The molecule has 2 atom stereocenters. The summed E-state index contributed by atoms with van der Waals surface area (Å²) in [6.07, 6.45) is 0.707. The monoisotopic (exact) mass is 239 g/mol. The molecular formula is C12H14ClNO2. The van der Waals surface area contributed by atoms with Gasteiger partial charge in [0, 0.05) is 23.3 Å². The van der Waals surface area contributed by atoms with Gasteiger partial charge in [-0.1, -0.05) is 11.6 Å². The zero-order valence-electron chi connectivity index (χ0n) is 9.06. The minimum Gasteiger partial charge on any atom is -0.481 e. The summed E-state index contributed by atoms with van der Waals surface area (Å²) >= 11 is 5.82. The van der Waals surface area contributed by atoms with Gasteiger partial charge in [-0.2, -0.15) is 0 Å². The van der Waals surface area contributed by atoms with Crippen LogP contribution in [0.15, 0.2) is 24.3 Å². The lowest BCUT2D eigenvalue weighted by atomic mass is 10.0. The number of anilines is 1. The number of nitrogens with zero attached hydrogens (tertiary/aromatic N) is 1. The number of hydrogen-bond acceptors (Lipinski definition) is 2. The van der Waals surface area contributed by atoms with E-state index in [2.05, 4.69) is 4.90 Å². The topological polar surface area (TPSA) is 40.5 Å². The Bertz CT molecular complexity index is 391. The number of carboxylic acid groups (broad SMARTS) is 1. The van der Waals surface area contributed by atoms with Gasteiger partial charge < -0.3 is 10.0 Å². The van der Waals surface area contributed by atoms with Gasteiger partial charge in [-0.05, 0) is 37.6 Å². The van der Waals surface area contributed by atoms with Crippen molar-refractivity contribution in [2.75, 3.05) is 11.4 Å². The average molecular weight is 240 g/mol. The Morgan fingerprint density at radius 3 is 2.56 bits per heavy atom. The first-order valence-corrected chi connectivity index (χ1v) is 5.72. The fourth-order valence-corrected chi connectivity index (χ4v) is 2.39. The SMILES string of the molecule is CC1C(C(=O)O)CCN1c1ccc(Cl)cc1. The Morgan fingerprint density at radius 1 is 1.44 bits per heavy atom. The summed E-state index contributed by atoms with van der Waals surface area (Å²) < 4.78 is 0. The van der Waals surface area contributed by atoms with Gasteiger partial charge in [0.2, 0.25) is 0 Å². The van der Waals surface area contributed by atoms with Crippen LogP contribution >= 0.6 is 11.6 Å². The molecule has 1 N–H and O–H groups in total. The van der Waals surface area contributed by atoms with Crippen LogP contribution in [0.3, 0.4) is 0 Å². The normalized spacial score (nSPS) is 24.8. The predicted octanol–water partition coefficient (Wildman–Crippen LogP) is 2.64. The maximum absolute atomic E-state index is 11.0. The molecule has 4 heteroatoms. The maximum Gasteiger partial charge on any atom is 0.308 e. The zero-order valence-corrected chi connectivity index (χ0v) is 9.81. The second-order valence-electron chi connectivity index (χ2n) is 4.14. The first-order valence-electron chi connectivity index (χ1n) is 5.34. The van der Waals surface area contributed by atoms with Crippen molar-refractivity contribution < 1.29 is 9.90 Å². The molecule has 1 heterocycles. The molecule has 0 radical (unpaired) electrons. The number of aliphatic carboxylic acids is 1. The first-order chi connectivity index (χ1) is 7.59. The molecule has 0 saturated carbocycles. The van der Waals surface area contributed by atoms with Gasteiger partial charge >= 0.3 is 5.97 Å². The highest BCUT2D eigenvalue weighted by atomic mass is 35.5. The van der Waals surface area contributed by atoms with Crippen molar-refractivity contribution in [3.63, 3.8) is 0 Å². The van der Waals surface area contributed by atoms with E-state index >= 15 is 0 Å². The second-order valence-corrected chi connectivity index (χ2v) is 4.58. The molecule has 0 aliphatic carbocycles. The largest absolute Gasteiger partial charge is 0.481 e. The van der Waals surface area contributed by atoms with E-state index in [0.717, 1.165) is 12.2 Å². The van der Waals surface area contributed by atoms with Crippen LogP contribution in [0.4, 0.5) is 5.69 Å². The van der Waals surface area contributed by atoms with Crippen molar-refractivity contribution >= 4 is 23.3 Å². The molecule has 2 rings (SSSR count). The Morgan fingerprint density at radius 2 is 2.06 bits per heavy atom. The van der Waals surface area contributed by atoms with Crippen LogP contribution in [0.25, 0.3) is 0 Å². The molecule has 0 bridgehead atoms. The number of halogens is 1. The molecule has 0 spiro atoms. The smallest absolute Gasteiger partial charge is 0.308 e. The summed E-state index contributed by atoms with van der Waals surface area (Å²) in [4.78, 5) is 13.1. The number of benzene rings is 1. The molecule has 0 aromatic heterocycles. The van der Waals surface area contributed by atoms with Crippen LogP contribution in [0, 0.1) is 5.92 Å². The van der Waals surface area contributed by atoms with Crippen LogP contribution < -0.4 is 4.90 Å². The quantitative estimate of drug-likeness (QED) is 0.863. The van der Waals surface area contributed by atoms with E-state index in [1.807, 2.05) is 31.2 Å². The van der Waals surface area contributed by atoms with E-state index in [-0.39, 0.29) is 12.0 Å². The Balaban J connectivity index is 2.18. The Labute approximate surface area is 99.6 Å². The number of carboxylic acids is 1. The highest BCUT2D eigenvalue weighted by Gasteiger charge is 2.35. The average Bonchev–Trinajstić information content (AvgIpc) is 2.61. The summed E-state index contributed by atoms with van der Waals surface area (Å²) in [6, 6.07) is 7.57. The summed E-state index contributed by atoms with van der Waals surface area (Å²) in [5.41, 5.74) is 1.04. The van der Waals surface area contributed by atoms with E-state index in [0.29, 0.717) is 11.4 Å². The summed E-state index contributed by atoms with van der Waals surface area (Å²) in [7, 11) is 0. The highest BCUT2D eigenvalue weighted by Crippen LogP contribution is 2.30. The third-order valence-electron chi connectivity index (χ3n) is 3.23. The molecule has 86 valence electrons. The number of hydrogen-bond donors (Lipinski definition) is 1. The zero-order chi connectivity index (χ0) is 11.7. The Kier molecular flexibility index (Phi) is 3.06. The van der Waals surface area contributed by atoms with Crippen molar-refractivity contribution in [1.82, 2.24) is 0 Å². The molecule has 1 aliphatic heterocycles. The highest BCUT2D eigenvalue weighted by molar-refractivity contribution is 6.30. The molecule has 0 amide bonds. The van der Waals surface area contributed by atoms with Gasteiger partial charge in [-0.25, -0.2) is 0 Å². The van der Waals surface area contributed by atoms with Crippen molar-refractivity contribution in [2.24, 2.45) is 5.92 Å². The number of rotatable bonds is 2. The molecular weight excluding hydrogens is 226 g/mol. The molecule has 1 aromatic carbocycles. The Hall–Kier alpha value is -1.22. The molecule has 16 heavy (non-hydrogen) atoms. The van der Waals surface area contributed by atoms with Crippen LogP contribution in [0.1, 0.15) is 13.3 Å². The minimum atomic E-state index is -0.705. The third-order valence-corrected chi connectivity index (χ3v) is 3.48. The molecule has 2 unspecified atom stereocenters. The lowest BCUT2D eigenvalue weighted by Crippen LogP contribution is -2.32. The fourth-order valence-electron chi connectivity index (χ4n) is 2.27. The van der Waals surface area contributed by atoms with E-state index in [1.165, 1.54) is 0 Å². The third kappa shape index (κ3) is 2.00. The minimum absolute atomic E-state index is 0.0404. The van der Waals surface area contributed by atoms with E-state index < -0.39 is 5.97 Å². The fraction of sp³-hybridized carbons (Fsp3) is 0.417. The van der Waals surface area contributed by atoms with Crippen LogP contribution in [-0.4, -0.2) is 23.7 Å². The second kappa shape index (κ2) is 4.34. The van der Waals surface area contributed by atoms with Gasteiger partial charge in [-0.15, -0.1) is 0 Å². The van der Waals surface area contributed by atoms with Gasteiger partial charge in [0.15, 0.2) is 0 Å². The lowest BCUT2D eigenvalue weighted by Gasteiger charge is -2.25. The summed E-state index contributed by atoms with van der Waals surface area (Å²) in [5.74, 6) is -0.973. The van der Waals surface area contributed by atoms with Crippen molar-refractivity contribution in [2.45, 2.75) is 19.4 Å². The standard InChI is InChI=1S/C12H14ClNO2/c1-8-11(12(15)16)6-7-14(8)10-4-2-9(13)3-5-10/h2-5,8,11H,6-7H2,1H3,(H,15,16). The number of carbonyl (C=O) groups is 1. The lowest BCUT2D eigenvalue weighted by molar-refractivity contribution is -0.141.